The summed E-state index contributed by atoms with van der Waals surface area (Å²) >= 11 is 0. The van der Waals surface area contributed by atoms with Crippen LogP contribution in [0.25, 0.3) is 0 Å². The number of Topliss-reactive ketones (excluding diaryl/α,β-unsaturated/α-hetero) is 1. The molecule has 0 heterocycles. The molecule has 1 rings (SSSR count). The lowest BCUT2D eigenvalue weighted by Gasteiger charge is -2.25. The third-order valence-corrected chi connectivity index (χ3v) is 6.71. The van der Waals surface area contributed by atoms with Gasteiger partial charge in [0.25, 0.3) is 0 Å². The molecule has 136 valence electrons. The van der Waals surface area contributed by atoms with Crippen molar-refractivity contribution in [2.24, 2.45) is 17.6 Å². The van der Waals surface area contributed by atoms with Gasteiger partial charge in [-0.15, -0.1) is 0 Å². The second kappa shape index (κ2) is 9.93. The molecule has 0 aromatic heterocycles. The average molecular weight is 347 g/mol. The third kappa shape index (κ3) is 8.99. The maximum Gasteiger partial charge on any atom is 0.203 e. The summed E-state index contributed by atoms with van der Waals surface area (Å²) in [5.74, 6) is 0.595. The maximum atomic E-state index is 12.3. The zero-order chi connectivity index (χ0) is 17.5. The Kier molecular flexibility index (Phi) is 8.99. The largest absolute Gasteiger partial charge is 0.393 e. The molecule has 1 unspecified atom stereocenters. The molecule has 0 aromatic rings. The molecule has 0 amide bonds. The summed E-state index contributed by atoms with van der Waals surface area (Å²) < 4.78 is 12.3. The minimum Gasteiger partial charge on any atom is -0.393 e. The van der Waals surface area contributed by atoms with Crippen molar-refractivity contribution in [1.29, 1.82) is 0 Å². The van der Waals surface area contributed by atoms with Crippen molar-refractivity contribution in [1.82, 2.24) is 0 Å². The first-order valence-electron chi connectivity index (χ1n) is 8.97. The average Bonchev–Trinajstić information content (AvgIpc) is 2.43. The van der Waals surface area contributed by atoms with Crippen LogP contribution in [0, 0.1) is 11.8 Å². The summed E-state index contributed by atoms with van der Waals surface area (Å²) in [4.78, 5) is 22.0. The molecule has 4 N–H and O–H groups in total. The van der Waals surface area contributed by atoms with Crippen LogP contribution in [-0.4, -0.2) is 40.3 Å². The maximum absolute atomic E-state index is 12.3. The van der Waals surface area contributed by atoms with Crippen LogP contribution in [0.2, 0.25) is 0 Å². The molecule has 23 heavy (non-hydrogen) atoms. The van der Waals surface area contributed by atoms with Gasteiger partial charge in [0.1, 0.15) is 5.78 Å². The Morgan fingerprint density at radius 3 is 2.43 bits per heavy atom. The van der Waals surface area contributed by atoms with E-state index in [4.69, 9.17) is 5.73 Å². The molecule has 0 bridgehead atoms. The quantitative estimate of drug-likeness (QED) is 0.528. The van der Waals surface area contributed by atoms with Gasteiger partial charge >= 0.3 is 0 Å². The van der Waals surface area contributed by atoms with Crippen LogP contribution >= 0.6 is 7.37 Å². The number of rotatable bonds is 10. The van der Waals surface area contributed by atoms with Gasteiger partial charge in [-0.25, -0.2) is 0 Å². The number of aliphatic hydroxyl groups excluding tert-OH is 1. The van der Waals surface area contributed by atoms with Gasteiger partial charge < -0.3 is 15.7 Å². The molecule has 0 aromatic carbocycles. The van der Waals surface area contributed by atoms with Gasteiger partial charge in [-0.3, -0.25) is 9.36 Å². The summed E-state index contributed by atoms with van der Waals surface area (Å²) in [6, 6.07) is -0.495. The SMILES string of the molecule is CC(C)C[C@H](N)C(=O)CC[C@@H](O)CP(=O)(O)CC1CCCCC1. The normalized spacial score (nSPS) is 21.8. The Labute approximate surface area is 140 Å². The highest BCUT2D eigenvalue weighted by Crippen LogP contribution is 2.46. The number of nitrogens with two attached hydrogens (primary N) is 1. The fraction of sp³-hybridized carbons (Fsp3) is 0.941. The molecule has 1 fully saturated rings. The lowest BCUT2D eigenvalue weighted by atomic mass is 9.91. The van der Waals surface area contributed by atoms with Crippen LogP contribution in [0.5, 0.6) is 0 Å². The lowest BCUT2D eigenvalue weighted by molar-refractivity contribution is -0.121. The predicted molar refractivity (Wildman–Crippen MR) is 93.8 cm³/mol. The van der Waals surface area contributed by atoms with Gasteiger partial charge in [0.05, 0.1) is 18.3 Å². The Bertz CT molecular complexity index is 407. The van der Waals surface area contributed by atoms with Crippen LogP contribution in [0.1, 0.15) is 65.2 Å². The van der Waals surface area contributed by atoms with Crippen LogP contribution in [0.4, 0.5) is 0 Å². The second-order valence-corrected chi connectivity index (χ2v) is 10.0. The van der Waals surface area contributed by atoms with Crippen molar-refractivity contribution < 1.29 is 19.4 Å². The summed E-state index contributed by atoms with van der Waals surface area (Å²) in [7, 11) is -3.32. The molecule has 1 aliphatic carbocycles. The molecule has 6 heteroatoms. The van der Waals surface area contributed by atoms with Gasteiger partial charge in [-0.1, -0.05) is 33.1 Å². The zero-order valence-electron chi connectivity index (χ0n) is 14.6. The van der Waals surface area contributed by atoms with Crippen molar-refractivity contribution in [2.45, 2.75) is 77.4 Å². The van der Waals surface area contributed by atoms with E-state index < -0.39 is 19.5 Å². The van der Waals surface area contributed by atoms with Gasteiger partial charge in [-0.05, 0) is 37.5 Å². The molecular formula is C17H34NO4P. The first-order chi connectivity index (χ1) is 10.7. The number of hydrogen-bond donors (Lipinski definition) is 3. The first-order valence-corrected chi connectivity index (χ1v) is 11.0. The smallest absolute Gasteiger partial charge is 0.203 e. The molecule has 0 aliphatic heterocycles. The van der Waals surface area contributed by atoms with Gasteiger partial charge in [0.2, 0.25) is 7.37 Å². The van der Waals surface area contributed by atoms with Crippen molar-refractivity contribution in [3.63, 3.8) is 0 Å². The second-order valence-electron chi connectivity index (χ2n) is 7.61. The molecule has 0 radical (unpaired) electrons. The predicted octanol–water partition coefficient (Wildman–Crippen LogP) is 2.92. The highest BCUT2D eigenvalue weighted by molar-refractivity contribution is 7.58. The minimum absolute atomic E-state index is 0.0715. The number of hydrogen-bond acceptors (Lipinski definition) is 4. The standard InChI is InChI=1S/C17H34NO4P/c1-13(2)10-16(18)17(20)9-8-15(19)12-23(21,22)11-14-6-4-3-5-7-14/h13-16,19H,3-12,18H2,1-2H3,(H,21,22)/t15-,16+/m1/s1. The van der Waals surface area contributed by atoms with Crippen LogP contribution in [0.3, 0.4) is 0 Å². The minimum atomic E-state index is -3.32. The van der Waals surface area contributed by atoms with E-state index in [1.807, 2.05) is 13.8 Å². The molecule has 0 saturated heterocycles. The van der Waals surface area contributed by atoms with Crippen molar-refractivity contribution in [3.8, 4) is 0 Å². The Balaban J connectivity index is 2.32. The van der Waals surface area contributed by atoms with E-state index in [1.165, 1.54) is 6.42 Å². The molecule has 0 spiro atoms. The van der Waals surface area contributed by atoms with Crippen LogP contribution in [-0.2, 0) is 9.36 Å². The fourth-order valence-corrected chi connectivity index (χ4v) is 5.56. The topological polar surface area (TPSA) is 101 Å². The van der Waals surface area contributed by atoms with Gasteiger partial charge in [-0.2, -0.15) is 0 Å². The summed E-state index contributed by atoms with van der Waals surface area (Å²) in [5.41, 5.74) is 5.82. The van der Waals surface area contributed by atoms with E-state index in [1.54, 1.807) is 0 Å². The first kappa shape index (κ1) is 20.8. The van der Waals surface area contributed by atoms with Crippen molar-refractivity contribution in [2.75, 3.05) is 12.3 Å². The number of aliphatic hydroxyl groups is 1. The Hall–Kier alpha value is -0.220. The monoisotopic (exact) mass is 347 g/mol. The lowest BCUT2D eigenvalue weighted by Crippen LogP contribution is -2.32. The van der Waals surface area contributed by atoms with Crippen molar-refractivity contribution in [3.05, 3.63) is 0 Å². The Morgan fingerprint density at radius 1 is 1.26 bits per heavy atom. The summed E-state index contributed by atoms with van der Waals surface area (Å²) in [6.07, 6.45) is 5.86. The highest BCUT2D eigenvalue weighted by Gasteiger charge is 2.28. The van der Waals surface area contributed by atoms with Crippen LogP contribution < -0.4 is 5.73 Å². The highest BCUT2D eigenvalue weighted by atomic mass is 31.2. The van der Waals surface area contributed by atoms with E-state index in [0.29, 0.717) is 24.4 Å². The van der Waals surface area contributed by atoms with E-state index in [0.717, 1.165) is 25.7 Å². The third-order valence-electron chi connectivity index (χ3n) is 4.63. The molecule has 1 aliphatic rings. The molecule has 1 saturated carbocycles. The molecule has 5 nitrogen and oxygen atoms in total. The van der Waals surface area contributed by atoms with Crippen molar-refractivity contribution >= 4 is 13.2 Å². The van der Waals surface area contributed by atoms with E-state index in [-0.39, 0.29) is 24.8 Å². The molecular weight excluding hydrogens is 313 g/mol. The Morgan fingerprint density at radius 2 is 1.87 bits per heavy atom. The summed E-state index contributed by atoms with van der Waals surface area (Å²) in [5, 5.41) is 10.0. The molecule has 3 atom stereocenters. The summed E-state index contributed by atoms with van der Waals surface area (Å²) in [6.45, 7) is 4.02. The number of carbonyl (C=O) groups excluding carboxylic acids is 1. The van der Waals surface area contributed by atoms with Gasteiger partial charge in [0.15, 0.2) is 0 Å². The fourth-order valence-electron chi connectivity index (χ4n) is 3.40. The number of carbonyl (C=O) groups is 1. The zero-order valence-corrected chi connectivity index (χ0v) is 15.5. The van der Waals surface area contributed by atoms with Crippen LogP contribution in [0.15, 0.2) is 0 Å². The van der Waals surface area contributed by atoms with Gasteiger partial charge in [0, 0.05) is 12.6 Å². The van der Waals surface area contributed by atoms with E-state index >= 15 is 0 Å². The van der Waals surface area contributed by atoms with E-state index in [9.17, 15) is 19.4 Å². The number of ketones is 1. The van der Waals surface area contributed by atoms with E-state index in [2.05, 4.69) is 0 Å².